The van der Waals surface area contributed by atoms with Crippen LogP contribution in [-0.2, 0) is 10.0 Å². The van der Waals surface area contributed by atoms with Crippen molar-refractivity contribution in [3.8, 4) is 0 Å². The smallest absolute Gasteiger partial charge is 0.211 e. The van der Waals surface area contributed by atoms with Gasteiger partial charge in [0.25, 0.3) is 0 Å². The van der Waals surface area contributed by atoms with Crippen molar-refractivity contribution in [3.05, 3.63) is 0 Å². The Balaban J connectivity index is 4.08. The van der Waals surface area contributed by atoms with E-state index in [1.165, 1.54) is 0 Å². The van der Waals surface area contributed by atoms with E-state index in [9.17, 15) is 8.42 Å². The van der Waals surface area contributed by atoms with Crippen LogP contribution in [0.2, 0.25) is 0 Å². The maximum absolute atomic E-state index is 11.5. The Morgan fingerprint density at radius 3 is 2.33 bits per heavy atom. The fourth-order valence-corrected chi connectivity index (χ4v) is 2.95. The number of rotatable bonds is 7. The minimum Gasteiger partial charge on any atom is -0.393 e. The van der Waals surface area contributed by atoms with Crippen molar-refractivity contribution in [1.29, 1.82) is 0 Å². The van der Waals surface area contributed by atoms with E-state index in [0.717, 1.165) is 0 Å². The lowest BCUT2D eigenvalue weighted by molar-refractivity contribution is 0.549. The summed E-state index contributed by atoms with van der Waals surface area (Å²) in [4.78, 5) is 0.328. The minimum atomic E-state index is -3.19. The molecular weight excluding hydrogens is 232 g/mol. The SMILES string of the molecule is CC(C)CCS(=O)(=O)NC(C)CC(N)=S. The summed E-state index contributed by atoms with van der Waals surface area (Å²) in [6, 6.07) is -0.223. The zero-order valence-corrected chi connectivity index (χ0v) is 11.1. The van der Waals surface area contributed by atoms with Gasteiger partial charge in [-0.1, -0.05) is 26.1 Å². The van der Waals surface area contributed by atoms with E-state index in [1.54, 1.807) is 6.92 Å². The highest BCUT2D eigenvalue weighted by Crippen LogP contribution is 2.03. The number of nitrogens with two attached hydrogens (primary N) is 1. The summed E-state index contributed by atoms with van der Waals surface area (Å²) in [6.07, 6.45) is 1.06. The lowest BCUT2D eigenvalue weighted by Crippen LogP contribution is -2.36. The summed E-state index contributed by atoms with van der Waals surface area (Å²) in [6.45, 7) is 5.74. The Labute approximate surface area is 97.7 Å². The van der Waals surface area contributed by atoms with Gasteiger partial charge in [0.2, 0.25) is 10.0 Å². The van der Waals surface area contributed by atoms with Crippen LogP contribution in [0.5, 0.6) is 0 Å². The van der Waals surface area contributed by atoms with E-state index in [0.29, 0.717) is 23.7 Å². The number of hydrogen-bond acceptors (Lipinski definition) is 3. The van der Waals surface area contributed by atoms with Crippen molar-refractivity contribution >= 4 is 27.2 Å². The van der Waals surface area contributed by atoms with Crippen molar-refractivity contribution < 1.29 is 8.42 Å². The lowest BCUT2D eigenvalue weighted by Gasteiger charge is -2.13. The molecule has 6 heteroatoms. The third kappa shape index (κ3) is 8.77. The highest BCUT2D eigenvalue weighted by molar-refractivity contribution is 7.89. The second-order valence-corrected chi connectivity index (χ2v) is 6.59. The van der Waals surface area contributed by atoms with Crippen LogP contribution in [-0.4, -0.2) is 25.2 Å². The molecule has 0 saturated carbocycles. The van der Waals surface area contributed by atoms with Crippen LogP contribution < -0.4 is 10.5 Å². The molecule has 4 nitrogen and oxygen atoms in total. The number of hydrogen-bond donors (Lipinski definition) is 2. The Kier molecular flexibility index (Phi) is 6.31. The molecule has 15 heavy (non-hydrogen) atoms. The second-order valence-electron chi connectivity index (χ2n) is 4.19. The standard InChI is InChI=1S/C9H20N2O2S2/c1-7(2)4-5-15(12,13)11-8(3)6-9(10)14/h7-8,11H,4-6H2,1-3H3,(H2,10,14). The first-order chi connectivity index (χ1) is 6.73. The number of thiocarbonyl (C=S) groups is 1. The van der Waals surface area contributed by atoms with Crippen LogP contribution in [0, 0.1) is 5.92 Å². The summed E-state index contributed by atoms with van der Waals surface area (Å²) in [5, 5.41) is 0. The first kappa shape index (κ1) is 14.8. The Morgan fingerprint density at radius 1 is 1.40 bits per heavy atom. The largest absolute Gasteiger partial charge is 0.393 e. The highest BCUT2D eigenvalue weighted by Gasteiger charge is 2.15. The zero-order valence-electron chi connectivity index (χ0n) is 9.49. The quantitative estimate of drug-likeness (QED) is 0.664. The maximum atomic E-state index is 11.5. The third-order valence-corrected chi connectivity index (χ3v) is 3.55. The summed E-state index contributed by atoms with van der Waals surface area (Å²) in [5.74, 6) is 0.541. The molecule has 0 spiro atoms. The molecule has 0 aliphatic heterocycles. The van der Waals surface area contributed by atoms with Crippen LogP contribution >= 0.6 is 12.2 Å². The first-order valence-electron chi connectivity index (χ1n) is 5.01. The van der Waals surface area contributed by atoms with Crippen molar-refractivity contribution in [3.63, 3.8) is 0 Å². The number of nitrogens with one attached hydrogen (secondary N) is 1. The molecule has 0 aliphatic carbocycles. The average Bonchev–Trinajstić information content (AvgIpc) is 1.98. The third-order valence-electron chi connectivity index (χ3n) is 1.85. The van der Waals surface area contributed by atoms with Crippen molar-refractivity contribution in [2.45, 2.75) is 39.7 Å². The molecule has 1 atom stereocenters. The molecule has 0 saturated heterocycles. The molecule has 0 amide bonds. The van der Waals surface area contributed by atoms with Crippen LogP contribution in [0.4, 0.5) is 0 Å². The van der Waals surface area contributed by atoms with Gasteiger partial charge in [0.15, 0.2) is 0 Å². The molecule has 0 aromatic rings. The Morgan fingerprint density at radius 2 is 1.93 bits per heavy atom. The predicted molar refractivity (Wildman–Crippen MR) is 67.2 cm³/mol. The van der Waals surface area contributed by atoms with Crippen LogP contribution in [0.15, 0.2) is 0 Å². The molecule has 0 heterocycles. The number of sulfonamides is 1. The van der Waals surface area contributed by atoms with Gasteiger partial charge in [-0.3, -0.25) is 0 Å². The van der Waals surface area contributed by atoms with Crippen molar-refractivity contribution in [2.75, 3.05) is 5.75 Å². The van der Waals surface area contributed by atoms with Gasteiger partial charge in [0, 0.05) is 12.5 Å². The van der Waals surface area contributed by atoms with Gasteiger partial charge in [0.05, 0.1) is 10.7 Å². The van der Waals surface area contributed by atoms with E-state index in [1.807, 2.05) is 13.8 Å². The summed E-state index contributed by atoms with van der Waals surface area (Å²) in [5.41, 5.74) is 5.33. The van der Waals surface area contributed by atoms with Gasteiger partial charge < -0.3 is 5.73 Å². The molecular formula is C9H20N2O2S2. The molecule has 0 rings (SSSR count). The van der Waals surface area contributed by atoms with Crippen molar-refractivity contribution in [2.24, 2.45) is 11.7 Å². The zero-order chi connectivity index (χ0) is 12.1. The van der Waals surface area contributed by atoms with Crippen LogP contribution in [0.1, 0.15) is 33.6 Å². The van der Waals surface area contributed by atoms with Gasteiger partial charge in [-0.15, -0.1) is 0 Å². The molecule has 0 radical (unpaired) electrons. The Bertz CT molecular complexity index is 299. The lowest BCUT2D eigenvalue weighted by atomic mass is 10.2. The highest BCUT2D eigenvalue weighted by atomic mass is 32.2. The first-order valence-corrected chi connectivity index (χ1v) is 7.07. The average molecular weight is 252 g/mol. The normalized spacial score (nSPS) is 14.1. The van der Waals surface area contributed by atoms with Gasteiger partial charge >= 0.3 is 0 Å². The van der Waals surface area contributed by atoms with Gasteiger partial charge in [-0.25, -0.2) is 13.1 Å². The fourth-order valence-electron chi connectivity index (χ4n) is 1.10. The molecule has 0 aromatic carbocycles. The van der Waals surface area contributed by atoms with Gasteiger partial charge in [-0.05, 0) is 19.3 Å². The van der Waals surface area contributed by atoms with Crippen LogP contribution in [0.25, 0.3) is 0 Å². The molecule has 0 aliphatic rings. The monoisotopic (exact) mass is 252 g/mol. The Hall–Kier alpha value is -0.200. The topological polar surface area (TPSA) is 72.2 Å². The summed E-state index contributed by atoms with van der Waals surface area (Å²) < 4.78 is 25.6. The molecule has 90 valence electrons. The van der Waals surface area contributed by atoms with E-state index in [2.05, 4.69) is 4.72 Å². The van der Waals surface area contributed by atoms with E-state index in [-0.39, 0.29) is 11.8 Å². The molecule has 0 fully saturated rings. The predicted octanol–water partition coefficient (Wildman–Crippen LogP) is 1.02. The maximum Gasteiger partial charge on any atom is 0.211 e. The second kappa shape index (κ2) is 6.40. The van der Waals surface area contributed by atoms with E-state index >= 15 is 0 Å². The molecule has 3 N–H and O–H groups in total. The molecule has 1 unspecified atom stereocenters. The van der Waals surface area contributed by atoms with Gasteiger partial charge in [-0.2, -0.15) is 0 Å². The van der Waals surface area contributed by atoms with E-state index < -0.39 is 10.0 Å². The van der Waals surface area contributed by atoms with Gasteiger partial charge in [0.1, 0.15) is 0 Å². The molecule has 0 aromatic heterocycles. The van der Waals surface area contributed by atoms with E-state index in [4.69, 9.17) is 18.0 Å². The minimum absolute atomic E-state index is 0.159. The van der Waals surface area contributed by atoms with Crippen LogP contribution in [0.3, 0.4) is 0 Å². The molecule has 0 bridgehead atoms. The summed E-state index contributed by atoms with van der Waals surface area (Å²) in [7, 11) is -3.19. The summed E-state index contributed by atoms with van der Waals surface area (Å²) >= 11 is 4.71. The van der Waals surface area contributed by atoms with Crippen molar-refractivity contribution in [1.82, 2.24) is 4.72 Å². The fraction of sp³-hybridized carbons (Fsp3) is 0.889.